The number of carbonyl (C=O) groups is 2. The Morgan fingerprint density at radius 2 is 1.84 bits per heavy atom. The molecule has 1 unspecified atom stereocenters. The smallest absolute Gasteiger partial charge is 0.348 e. The van der Waals surface area contributed by atoms with Crippen molar-refractivity contribution >= 4 is 11.8 Å². The Hall–Kier alpha value is -1.92. The lowest BCUT2D eigenvalue weighted by molar-refractivity contribution is -0.145. The van der Waals surface area contributed by atoms with Crippen LogP contribution in [-0.2, 0) is 9.53 Å². The number of carbonyl (C=O) groups excluding carboxylic acids is 2. The van der Waals surface area contributed by atoms with Gasteiger partial charge in [-0.1, -0.05) is 39.0 Å². The molecular weight excluding hydrogens is 324 g/mol. The molecule has 6 nitrogen and oxygen atoms in total. The van der Waals surface area contributed by atoms with Gasteiger partial charge in [-0.3, -0.25) is 4.79 Å². The van der Waals surface area contributed by atoms with Gasteiger partial charge in [-0.25, -0.2) is 4.79 Å². The van der Waals surface area contributed by atoms with Crippen LogP contribution in [-0.4, -0.2) is 42.8 Å². The number of esters is 1. The van der Waals surface area contributed by atoms with Crippen LogP contribution in [0.25, 0.3) is 0 Å². The number of benzene rings is 1. The molecule has 0 aliphatic carbocycles. The third kappa shape index (κ3) is 5.54. The van der Waals surface area contributed by atoms with E-state index in [0.29, 0.717) is 17.9 Å². The van der Waals surface area contributed by atoms with Gasteiger partial charge in [-0.15, -0.1) is 0 Å². The van der Waals surface area contributed by atoms with E-state index in [9.17, 15) is 9.59 Å². The van der Waals surface area contributed by atoms with Crippen LogP contribution in [0.1, 0.15) is 55.8 Å². The Balaban J connectivity index is 1.87. The lowest BCUT2D eigenvalue weighted by atomic mass is 10.0. The van der Waals surface area contributed by atoms with Gasteiger partial charge >= 0.3 is 5.97 Å². The van der Waals surface area contributed by atoms with Gasteiger partial charge in [-0.05, 0) is 18.6 Å². The number of hydrogen-bond donors (Lipinski definition) is 1. The molecule has 0 bridgehead atoms. The van der Waals surface area contributed by atoms with Crippen LogP contribution in [0.15, 0.2) is 18.2 Å². The van der Waals surface area contributed by atoms with Crippen molar-refractivity contribution in [3.8, 4) is 11.5 Å². The van der Waals surface area contributed by atoms with E-state index in [1.54, 1.807) is 12.1 Å². The standard InChI is InChI=1S/C19H26O6/c1-2-3-4-5-6-7-11-24-18-17(21)15-9-8-14(23-12-10-20)13-16(15)25-19(18)22/h8-9,13,18,20H,2-7,10-12H2,1H3. The maximum absolute atomic E-state index is 12.5. The van der Waals surface area contributed by atoms with Crippen molar-refractivity contribution in [3.05, 3.63) is 23.8 Å². The fourth-order valence-electron chi connectivity index (χ4n) is 2.68. The molecule has 0 radical (unpaired) electrons. The first kappa shape index (κ1) is 19.4. The summed E-state index contributed by atoms with van der Waals surface area (Å²) in [5.74, 6) is -0.474. The summed E-state index contributed by atoms with van der Waals surface area (Å²) in [6, 6.07) is 4.64. The molecule has 1 N–H and O–H groups in total. The average molecular weight is 350 g/mol. The number of aliphatic hydroxyl groups excluding tert-OH is 1. The number of rotatable bonds is 11. The van der Waals surface area contributed by atoms with Crippen LogP contribution in [0, 0.1) is 0 Å². The van der Waals surface area contributed by atoms with Gasteiger partial charge in [0.15, 0.2) is 0 Å². The first-order valence-electron chi connectivity index (χ1n) is 8.92. The molecule has 0 saturated heterocycles. The van der Waals surface area contributed by atoms with E-state index < -0.39 is 12.1 Å². The first-order valence-corrected chi connectivity index (χ1v) is 8.92. The second-order valence-corrected chi connectivity index (χ2v) is 6.03. The van der Waals surface area contributed by atoms with Crippen molar-refractivity contribution in [1.29, 1.82) is 0 Å². The minimum Gasteiger partial charge on any atom is -0.491 e. The second-order valence-electron chi connectivity index (χ2n) is 6.03. The Morgan fingerprint density at radius 1 is 1.08 bits per heavy atom. The minimum atomic E-state index is -1.19. The monoisotopic (exact) mass is 350 g/mol. The normalized spacial score (nSPS) is 16.5. The molecular formula is C19H26O6. The Morgan fingerprint density at radius 3 is 2.60 bits per heavy atom. The summed E-state index contributed by atoms with van der Waals surface area (Å²) >= 11 is 0. The van der Waals surface area contributed by atoms with Crippen LogP contribution in [0.3, 0.4) is 0 Å². The van der Waals surface area contributed by atoms with Gasteiger partial charge in [0.05, 0.1) is 12.2 Å². The van der Waals surface area contributed by atoms with E-state index in [2.05, 4.69) is 6.92 Å². The van der Waals surface area contributed by atoms with Crippen LogP contribution >= 0.6 is 0 Å². The molecule has 1 aliphatic rings. The predicted octanol–water partition coefficient (Wildman–Crippen LogP) is 2.91. The largest absolute Gasteiger partial charge is 0.491 e. The number of aliphatic hydroxyl groups is 1. The molecule has 0 fully saturated rings. The Bertz CT molecular complexity index is 583. The minimum absolute atomic E-state index is 0.121. The first-order chi connectivity index (χ1) is 12.2. The molecule has 6 heteroatoms. The van der Waals surface area contributed by atoms with Crippen molar-refractivity contribution in [2.45, 2.75) is 51.6 Å². The molecule has 0 spiro atoms. The molecule has 2 rings (SSSR count). The van der Waals surface area contributed by atoms with Crippen LogP contribution in [0.4, 0.5) is 0 Å². The number of ketones is 1. The summed E-state index contributed by atoms with van der Waals surface area (Å²) in [5.41, 5.74) is 0.309. The van der Waals surface area contributed by atoms with Gasteiger partial charge < -0.3 is 19.3 Å². The predicted molar refractivity (Wildman–Crippen MR) is 92.1 cm³/mol. The quantitative estimate of drug-likeness (QED) is 0.286. The maximum atomic E-state index is 12.5. The molecule has 1 atom stereocenters. The number of ether oxygens (including phenoxy) is 3. The molecule has 1 heterocycles. The maximum Gasteiger partial charge on any atom is 0.348 e. The molecule has 0 aromatic heterocycles. The Labute approximate surface area is 148 Å². The van der Waals surface area contributed by atoms with E-state index in [4.69, 9.17) is 19.3 Å². The molecule has 1 aromatic carbocycles. The highest BCUT2D eigenvalue weighted by atomic mass is 16.6. The zero-order valence-corrected chi connectivity index (χ0v) is 14.7. The van der Waals surface area contributed by atoms with Gasteiger partial charge in [0.2, 0.25) is 11.9 Å². The fourth-order valence-corrected chi connectivity index (χ4v) is 2.68. The highest BCUT2D eigenvalue weighted by Crippen LogP contribution is 2.30. The second kappa shape index (κ2) is 10.2. The lowest BCUT2D eigenvalue weighted by Gasteiger charge is -2.22. The molecule has 1 aromatic rings. The van der Waals surface area contributed by atoms with Gasteiger partial charge in [0.25, 0.3) is 0 Å². The SMILES string of the molecule is CCCCCCCCOC1C(=O)Oc2cc(OCCO)ccc2C1=O. The summed E-state index contributed by atoms with van der Waals surface area (Å²) in [6.07, 6.45) is 5.43. The van der Waals surface area contributed by atoms with Crippen molar-refractivity contribution in [2.24, 2.45) is 0 Å². The van der Waals surface area contributed by atoms with Gasteiger partial charge in [-0.2, -0.15) is 0 Å². The lowest BCUT2D eigenvalue weighted by Crippen LogP contribution is -2.40. The van der Waals surface area contributed by atoms with E-state index >= 15 is 0 Å². The third-order valence-corrected chi connectivity index (χ3v) is 4.02. The number of fused-ring (bicyclic) bond motifs is 1. The summed E-state index contributed by atoms with van der Waals surface area (Å²) < 4.78 is 16.0. The van der Waals surface area contributed by atoms with Crippen molar-refractivity contribution < 1.29 is 28.9 Å². The molecule has 25 heavy (non-hydrogen) atoms. The summed E-state index contributed by atoms with van der Waals surface area (Å²) in [7, 11) is 0. The topological polar surface area (TPSA) is 82.1 Å². The van der Waals surface area contributed by atoms with E-state index in [-0.39, 0.29) is 24.7 Å². The van der Waals surface area contributed by atoms with Gasteiger partial charge in [0, 0.05) is 12.7 Å². The summed E-state index contributed by atoms with van der Waals surface area (Å²) in [4.78, 5) is 24.5. The van der Waals surface area contributed by atoms with Crippen LogP contribution < -0.4 is 9.47 Å². The number of Topliss-reactive ketones (excluding diaryl/α,β-unsaturated/α-hetero) is 1. The highest BCUT2D eigenvalue weighted by molar-refractivity contribution is 6.15. The van der Waals surface area contributed by atoms with E-state index in [1.165, 1.54) is 25.3 Å². The van der Waals surface area contributed by atoms with E-state index in [1.807, 2.05) is 0 Å². The molecule has 0 saturated carbocycles. The van der Waals surface area contributed by atoms with Gasteiger partial charge in [0.1, 0.15) is 18.1 Å². The fraction of sp³-hybridized carbons (Fsp3) is 0.579. The van der Waals surface area contributed by atoms with Crippen molar-refractivity contribution in [1.82, 2.24) is 0 Å². The highest BCUT2D eigenvalue weighted by Gasteiger charge is 2.37. The third-order valence-electron chi connectivity index (χ3n) is 4.02. The molecule has 138 valence electrons. The van der Waals surface area contributed by atoms with Crippen LogP contribution in [0.5, 0.6) is 11.5 Å². The molecule has 0 amide bonds. The number of hydrogen-bond acceptors (Lipinski definition) is 6. The number of unbranched alkanes of at least 4 members (excludes halogenated alkanes) is 5. The molecule has 1 aliphatic heterocycles. The zero-order chi connectivity index (χ0) is 18.1. The van der Waals surface area contributed by atoms with E-state index in [0.717, 1.165) is 19.3 Å². The summed E-state index contributed by atoms with van der Waals surface area (Å²) in [6.45, 7) is 2.54. The average Bonchev–Trinajstić information content (AvgIpc) is 2.61. The van der Waals surface area contributed by atoms with Crippen LogP contribution in [0.2, 0.25) is 0 Å². The summed E-state index contributed by atoms with van der Waals surface area (Å²) in [5, 5.41) is 8.77. The zero-order valence-electron chi connectivity index (χ0n) is 14.7. The van der Waals surface area contributed by atoms with Crippen molar-refractivity contribution in [3.63, 3.8) is 0 Å². The van der Waals surface area contributed by atoms with Crippen molar-refractivity contribution in [2.75, 3.05) is 19.8 Å². The Kier molecular flexibility index (Phi) is 7.88.